The van der Waals surface area contributed by atoms with Gasteiger partial charge in [0.15, 0.2) is 0 Å². The summed E-state index contributed by atoms with van der Waals surface area (Å²) in [6, 6.07) is 10.8. The number of amides is 1. The molecule has 104 valence electrons. The van der Waals surface area contributed by atoms with Gasteiger partial charge in [0.25, 0.3) is 5.91 Å². The number of hydrogen-bond acceptors (Lipinski definition) is 3. The summed E-state index contributed by atoms with van der Waals surface area (Å²) in [5.41, 5.74) is 8.69. The second-order valence-electron chi connectivity index (χ2n) is 4.35. The summed E-state index contributed by atoms with van der Waals surface area (Å²) in [7, 11) is 1.55. The third-order valence-corrected chi connectivity index (χ3v) is 4.36. The molecular weight excluding hydrogens is 367 g/mol. The first-order valence-corrected chi connectivity index (χ1v) is 7.10. The number of nitrogen functional groups attached to an aromatic ring is 1. The van der Waals surface area contributed by atoms with E-state index >= 15 is 0 Å². The number of anilines is 2. The van der Waals surface area contributed by atoms with Crippen molar-refractivity contribution in [3.63, 3.8) is 0 Å². The van der Waals surface area contributed by atoms with Gasteiger partial charge < -0.3 is 15.8 Å². The fraction of sp³-hybridized carbons (Fsp3) is 0.133. The van der Waals surface area contributed by atoms with Crippen molar-refractivity contribution < 1.29 is 9.53 Å². The van der Waals surface area contributed by atoms with Gasteiger partial charge in [0, 0.05) is 9.26 Å². The van der Waals surface area contributed by atoms with Crippen molar-refractivity contribution in [3.05, 3.63) is 51.1 Å². The van der Waals surface area contributed by atoms with Gasteiger partial charge in [-0.25, -0.2) is 0 Å². The van der Waals surface area contributed by atoms with Crippen LogP contribution in [0.15, 0.2) is 36.4 Å². The Morgan fingerprint density at radius 3 is 2.70 bits per heavy atom. The molecule has 0 fully saturated rings. The molecule has 4 nitrogen and oxygen atoms in total. The Morgan fingerprint density at radius 1 is 1.30 bits per heavy atom. The van der Waals surface area contributed by atoms with Gasteiger partial charge >= 0.3 is 0 Å². The van der Waals surface area contributed by atoms with E-state index in [9.17, 15) is 4.79 Å². The Balaban J connectivity index is 2.24. The monoisotopic (exact) mass is 382 g/mol. The van der Waals surface area contributed by atoms with Crippen molar-refractivity contribution in [2.45, 2.75) is 6.92 Å². The van der Waals surface area contributed by atoms with Crippen molar-refractivity contribution in [2.75, 3.05) is 18.2 Å². The molecule has 5 heteroatoms. The zero-order valence-corrected chi connectivity index (χ0v) is 13.4. The number of nitrogens with two attached hydrogens (primary N) is 1. The Labute approximate surface area is 131 Å². The summed E-state index contributed by atoms with van der Waals surface area (Å²) in [5.74, 6) is 0.441. The quantitative estimate of drug-likeness (QED) is 0.632. The summed E-state index contributed by atoms with van der Waals surface area (Å²) in [6.07, 6.45) is 0. The highest BCUT2D eigenvalue weighted by Gasteiger charge is 2.12. The lowest BCUT2D eigenvalue weighted by atomic mass is 10.1. The van der Waals surface area contributed by atoms with Crippen molar-refractivity contribution in [1.82, 2.24) is 0 Å². The number of benzene rings is 2. The highest BCUT2D eigenvalue weighted by atomic mass is 127. The minimum absolute atomic E-state index is 0.150. The molecule has 0 saturated heterocycles. The fourth-order valence-electron chi connectivity index (χ4n) is 1.83. The average molecular weight is 382 g/mol. The number of methoxy groups -OCH3 is 1. The molecule has 0 radical (unpaired) electrons. The lowest BCUT2D eigenvalue weighted by Gasteiger charge is -2.10. The SMILES string of the molecule is COc1ccc(NC(=O)c2cccc(C)c2I)cc1N. The highest BCUT2D eigenvalue weighted by Crippen LogP contribution is 2.25. The van der Waals surface area contributed by atoms with Crippen molar-refractivity contribution in [3.8, 4) is 5.75 Å². The number of aryl methyl sites for hydroxylation is 1. The molecule has 20 heavy (non-hydrogen) atoms. The van der Waals surface area contributed by atoms with Gasteiger partial charge in [0.05, 0.1) is 18.4 Å². The van der Waals surface area contributed by atoms with E-state index in [1.54, 1.807) is 31.4 Å². The van der Waals surface area contributed by atoms with Gasteiger partial charge in [-0.15, -0.1) is 0 Å². The maximum atomic E-state index is 12.3. The van der Waals surface area contributed by atoms with Gasteiger partial charge in [-0.1, -0.05) is 12.1 Å². The van der Waals surface area contributed by atoms with Crippen LogP contribution in [0.25, 0.3) is 0 Å². The Hall–Kier alpha value is -1.76. The molecule has 0 aromatic heterocycles. The normalized spacial score (nSPS) is 10.2. The van der Waals surface area contributed by atoms with Gasteiger partial charge in [-0.3, -0.25) is 4.79 Å². The minimum Gasteiger partial charge on any atom is -0.495 e. The van der Waals surface area contributed by atoms with Crippen LogP contribution in [-0.2, 0) is 0 Å². The molecule has 0 aliphatic heterocycles. The summed E-state index contributed by atoms with van der Waals surface area (Å²) in [5, 5.41) is 2.84. The minimum atomic E-state index is -0.150. The highest BCUT2D eigenvalue weighted by molar-refractivity contribution is 14.1. The third kappa shape index (κ3) is 3.04. The number of nitrogens with one attached hydrogen (secondary N) is 1. The van der Waals surface area contributed by atoms with Crippen LogP contribution in [0.1, 0.15) is 15.9 Å². The molecule has 3 N–H and O–H groups in total. The number of carbonyl (C=O) groups is 1. The van der Waals surface area contributed by atoms with Crippen LogP contribution in [0.2, 0.25) is 0 Å². The molecule has 0 heterocycles. The third-order valence-electron chi connectivity index (χ3n) is 2.92. The number of hydrogen-bond donors (Lipinski definition) is 2. The van der Waals surface area contributed by atoms with Gasteiger partial charge in [-0.05, 0) is 59.3 Å². The lowest BCUT2D eigenvalue weighted by Crippen LogP contribution is -2.14. The van der Waals surface area contributed by atoms with E-state index in [4.69, 9.17) is 10.5 Å². The van der Waals surface area contributed by atoms with Crippen LogP contribution in [0.5, 0.6) is 5.75 Å². The summed E-state index contributed by atoms with van der Waals surface area (Å²) < 4.78 is 6.03. The molecule has 2 rings (SSSR count). The van der Waals surface area contributed by atoms with Crippen molar-refractivity contribution in [1.29, 1.82) is 0 Å². The maximum absolute atomic E-state index is 12.3. The molecular formula is C15H15IN2O2. The van der Waals surface area contributed by atoms with Crippen LogP contribution in [-0.4, -0.2) is 13.0 Å². The molecule has 0 aliphatic carbocycles. The maximum Gasteiger partial charge on any atom is 0.256 e. The van der Waals surface area contributed by atoms with Gasteiger partial charge in [0.2, 0.25) is 0 Å². The van der Waals surface area contributed by atoms with E-state index in [-0.39, 0.29) is 5.91 Å². The molecule has 0 atom stereocenters. The largest absolute Gasteiger partial charge is 0.495 e. The number of halogens is 1. The molecule has 0 unspecified atom stereocenters. The van der Waals surface area contributed by atoms with E-state index < -0.39 is 0 Å². The van der Waals surface area contributed by atoms with Crippen LogP contribution in [0, 0.1) is 10.5 Å². The summed E-state index contributed by atoms with van der Waals surface area (Å²) in [4.78, 5) is 12.3. The average Bonchev–Trinajstić information content (AvgIpc) is 2.42. The van der Waals surface area contributed by atoms with Crippen LogP contribution in [0.3, 0.4) is 0 Å². The molecule has 0 aliphatic rings. The lowest BCUT2D eigenvalue weighted by molar-refractivity contribution is 0.102. The fourth-order valence-corrected chi connectivity index (χ4v) is 2.44. The molecule has 0 bridgehead atoms. The second kappa shape index (κ2) is 6.13. The molecule has 2 aromatic rings. The molecule has 1 amide bonds. The Bertz CT molecular complexity index is 656. The number of ether oxygens (including phenoxy) is 1. The van der Waals surface area contributed by atoms with Crippen molar-refractivity contribution in [2.24, 2.45) is 0 Å². The van der Waals surface area contributed by atoms with Crippen LogP contribution >= 0.6 is 22.6 Å². The second-order valence-corrected chi connectivity index (χ2v) is 5.43. The number of rotatable bonds is 3. The predicted molar refractivity (Wildman–Crippen MR) is 89.3 cm³/mol. The van der Waals surface area contributed by atoms with Crippen LogP contribution in [0.4, 0.5) is 11.4 Å². The molecule has 0 spiro atoms. The van der Waals surface area contributed by atoms with E-state index in [1.807, 2.05) is 19.1 Å². The summed E-state index contributed by atoms with van der Waals surface area (Å²) >= 11 is 2.18. The van der Waals surface area contributed by atoms with Gasteiger partial charge in [0.1, 0.15) is 5.75 Å². The molecule has 0 saturated carbocycles. The first-order valence-electron chi connectivity index (χ1n) is 6.03. The van der Waals surface area contributed by atoms with E-state index in [0.717, 1.165) is 9.13 Å². The Morgan fingerprint density at radius 2 is 2.05 bits per heavy atom. The summed E-state index contributed by atoms with van der Waals surface area (Å²) in [6.45, 7) is 1.98. The Kier molecular flexibility index (Phi) is 4.49. The topological polar surface area (TPSA) is 64.3 Å². The number of carbonyl (C=O) groups excluding carboxylic acids is 1. The van der Waals surface area contributed by atoms with E-state index in [0.29, 0.717) is 22.7 Å². The van der Waals surface area contributed by atoms with Crippen molar-refractivity contribution >= 4 is 39.9 Å². The predicted octanol–water partition coefficient (Wildman–Crippen LogP) is 3.44. The van der Waals surface area contributed by atoms with E-state index in [2.05, 4.69) is 27.9 Å². The zero-order valence-electron chi connectivity index (χ0n) is 11.2. The first-order chi connectivity index (χ1) is 9.52. The first kappa shape index (κ1) is 14.6. The standard InChI is InChI=1S/C15H15IN2O2/c1-9-4-3-5-11(14(9)16)15(19)18-10-6-7-13(20-2)12(17)8-10/h3-8H,17H2,1-2H3,(H,18,19). The van der Waals surface area contributed by atoms with Gasteiger partial charge in [-0.2, -0.15) is 0 Å². The zero-order chi connectivity index (χ0) is 14.7. The van der Waals surface area contributed by atoms with E-state index in [1.165, 1.54) is 0 Å². The smallest absolute Gasteiger partial charge is 0.256 e. The van der Waals surface area contributed by atoms with Crippen LogP contribution < -0.4 is 15.8 Å². The molecule has 2 aromatic carbocycles.